The molecule has 1 heterocycles. The lowest BCUT2D eigenvalue weighted by Crippen LogP contribution is -2.42. The van der Waals surface area contributed by atoms with Crippen LogP contribution in [0.3, 0.4) is 0 Å². The Hall–Kier alpha value is -1.26. The number of aliphatic imine (C=N–C) groups is 1. The number of amides is 1. The summed E-state index contributed by atoms with van der Waals surface area (Å²) in [5.41, 5.74) is 5.84. The Bertz CT molecular complexity index is 306. The third-order valence-corrected chi connectivity index (χ3v) is 2.72. The number of carbonyl (C=O) groups is 1. The Morgan fingerprint density at radius 1 is 1.12 bits per heavy atom. The maximum Gasteiger partial charge on any atom is 0.219 e. The van der Waals surface area contributed by atoms with Gasteiger partial charge in [0.2, 0.25) is 5.91 Å². The zero-order valence-corrected chi connectivity index (χ0v) is 11.4. The molecule has 0 saturated carbocycles. The number of nitrogens with zero attached hydrogens (tertiary/aromatic N) is 3. The Balaban J connectivity index is 2.63. The van der Waals surface area contributed by atoms with E-state index >= 15 is 0 Å². The lowest BCUT2D eigenvalue weighted by Gasteiger charge is -2.24. The molecule has 0 radical (unpaired) electrons. The van der Waals surface area contributed by atoms with E-state index in [-0.39, 0.29) is 11.4 Å². The van der Waals surface area contributed by atoms with Gasteiger partial charge in [0.05, 0.1) is 5.54 Å². The van der Waals surface area contributed by atoms with Crippen molar-refractivity contribution in [2.45, 2.75) is 39.7 Å². The van der Waals surface area contributed by atoms with Gasteiger partial charge in [-0.1, -0.05) is 0 Å². The average molecular weight is 240 g/mol. The van der Waals surface area contributed by atoms with E-state index in [9.17, 15) is 4.79 Å². The summed E-state index contributed by atoms with van der Waals surface area (Å²) >= 11 is 0. The average Bonchev–Trinajstić information content (AvgIpc) is 2.39. The molecule has 1 aliphatic rings. The molecule has 1 saturated heterocycles. The predicted molar refractivity (Wildman–Crippen MR) is 69.8 cm³/mol. The number of carbonyl (C=O) groups excluding carboxylic acids is 1. The Labute approximate surface area is 104 Å². The normalized spacial score (nSPS) is 19.2. The van der Waals surface area contributed by atoms with E-state index in [0.717, 1.165) is 32.6 Å². The van der Waals surface area contributed by atoms with Crippen LogP contribution in [-0.4, -0.2) is 53.4 Å². The van der Waals surface area contributed by atoms with E-state index in [1.54, 1.807) is 6.92 Å². The lowest BCUT2D eigenvalue weighted by atomic mass is 10.1. The molecule has 0 atom stereocenters. The minimum absolute atomic E-state index is 0.137. The highest BCUT2D eigenvalue weighted by molar-refractivity contribution is 5.79. The van der Waals surface area contributed by atoms with E-state index in [1.165, 1.54) is 0 Å². The monoisotopic (exact) mass is 240 g/mol. The summed E-state index contributed by atoms with van der Waals surface area (Å²) in [5, 5.41) is 0. The molecule has 5 heteroatoms. The first-order chi connectivity index (χ1) is 7.79. The van der Waals surface area contributed by atoms with Crippen LogP contribution in [0.15, 0.2) is 4.99 Å². The summed E-state index contributed by atoms with van der Waals surface area (Å²) in [6, 6.07) is 0. The van der Waals surface area contributed by atoms with Crippen molar-refractivity contribution < 1.29 is 4.79 Å². The van der Waals surface area contributed by atoms with E-state index < -0.39 is 0 Å². The number of rotatable bonds is 0. The van der Waals surface area contributed by atoms with E-state index in [0.29, 0.717) is 5.96 Å². The van der Waals surface area contributed by atoms with Gasteiger partial charge in [-0.15, -0.1) is 0 Å². The molecule has 5 nitrogen and oxygen atoms in total. The Kier molecular flexibility index (Phi) is 4.37. The van der Waals surface area contributed by atoms with Crippen molar-refractivity contribution in [2.75, 3.05) is 26.2 Å². The molecule has 1 fully saturated rings. The molecule has 0 aromatic rings. The fourth-order valence-corrected chi connectivity index (χ4v) is 1.88. The molecule has 0 spiro atoms. The van der Waals surface area contributed by atoms with Crippen molar-refractivity contribution in [2.24, 2.45) is 10.7 Å². The van der Waals surface area contributed by atoms with Crippen LogP contribution in [0.4, 0.5) is 0 Å². The molecule has 0 aromatic carbocycles. The first-order valence-corrected chi connectivity index (χ1v) is 6.15. The first-order valence-electron chi connectivity index (χ1n) is 6.15. The molecule has 0 bridgehead atoms. The van der Waals surface area contributed by atoms with Gasteiger partial charge in [-0.2, -0.15) is 0 Å². The minimum Gasteiger partial charge on any atom is -0.370 e. The minimum atomic E-state index is -0.156. The zero-order valence-electron chi connectivity index (χ0n) is 11.4. The second kappa shape index (κ2) is 5.38. The quantitative estimate of drug-likeness (QED) is 0.499. The second-order valence-electron chi connectivity index (χ2n) is 5.49. The molecule has 2 N–H and O–H groups in total. The molecule has 17 heavy (non-hydrogen) atoms. The molecule has 0 aromatic heterocycles. The van der Waals surface area contributed by atoms with Gasteiger partial charge in [0, 0.05) is 33.1 Å². The van der Waals surface area contributed by atoms with Crippen LogP contribution in [0.25, 0.3) is 0 Å². The van der Waals surface area contributed by atoms with E-state index in [2.05, 4.69) is 9.89 Å². The van der Waals surface area contributed by atoms with Gasteiger partial charge in [-0.05, 0) is 27.2 Å². The van der Waals surface area contributed by atoms with Crippen molar-refractivity contribution in [1.29, 1.82) is 0 Å². The molecule has 1 amide bonds. The van der Waals surface area contributed by atoms with Crippen LogP contribution < -0.4 is 5.73 Å². The smallest absolute Gasteiger partial charge is 0.219 e. The third kappa shape index (κ3) is 4.63. The Morgan fingerprint density at radius 3 is 2.18 bits per heavy atom. The van der Waals surface area contributed by atoms with Crippen molar-refractivity contribution in [3.63, 3.8) is 0 Å². The van der Waals surface area contributed by atoms with Gasteiger partial charge in [0.1, 0.15) is 0 Å². The fourth-order valence-electron chi connectivity index (χ4n) is 1.88. The van der Waals surface area contributed by atoms with Crippen molar-refractivity contribution in [1.82, 2.24) is 9.80 Å². The molecular weight excluding hydrogens is 216 g/mol. The summed E-state index contributed by atoms with van der Waals surface area (Å²) in [4.78, 5) is 19.7. The molecule has 1 rings (SSSR count). The largest absolute Gasteiger partial charge is 0.370 e. The topological polar surface area (TPSA) is 61.9 Å². The van der Waals surface area contributed by atoms with Gasteiger partial charge in [0.15, 0.2) is 5.96 Å². The van der Waals surface area contributed by atoms with Gasteiger partial charge in [-0.25, -0.2) is 4.99 Å². The number of nitrogens with two attached hydrogens (primary N) is 1. The van der Waals surface area contributed by atoms with Gasteiger partial charge in [-0.3, -0.25) is 4.79 Å². The first kappa shape index (κ1) is 13.8. The van der Waals surface area contributed by atoms with Crippen LogP contribution in [-0.2, 0) is 4.79 Å². The lowest BCUT2D eigenvalue weighted by molar-refractivity contribution is -0.128. The van der Waals surface area contributed by atoms with Crippen LogP contribution in [0.1, 0.15) is 34.1 Å². The van der Waals surface area contributed by atoms with Crippen molar-refractivity contribution >= 4 is 11.9 Å². The van der Waals surface area contributed by atoms with Crippen LogP contribution in [0.5, 0.6) is 0 Å². The highest BCUT2D eigenvalue weighted by Gasteiger charge is 2.19. The van der Waals surface area contributed by atoms with Gasteiger partial charge >= 0.3 is 0 Å². The predicted octanol–water partition coefficient (Wildman–Crippen LogP) is 0.654. The van der Waals surface area contributed by atoms with Crippen LogP contribution in [0.2, 0.25) is 0 Å². The number of hydrogen-bond donors (Lipinski definition) is 1. The highest BCUT2D eigenvalue weighted by Crippen LogP contribution is 2.09. The summed E-state index contributed by atoms with van der Waals surface area (Å²) in [6.07, 6.45) is 0.944. The summed E-state index contributed by atoms with van der Waals surface area (Å²) < 4.78 is 0. The Morgan fingerprint density at radius 2 is 1.65 bits per heavy atom. The highest BCUT2D eigenvalue weighted by atomic mass is 16.2. The summed E-state index contributed by atoms with van der Waals surface area (Å²) in [5.74, 6) is 0.723. The molecule has 1 aliphatic heterocycles. The third-order valence-electron chi connectivity index (χ3n) is 2.72. The van der Waals surface area contributed by atoms with E-state index in [4.69, 9.17) is 5.73 Å². The van der Waals surface area contributed by atoms with Crippen molar-refractivity contribution in [3.05, 3.63) is 0 Å². The number of guanidine groups is 1. The second-order valence-corrected chi connectivity index (χ2v) is 5.49. The van der Waals surface area contributed by atoms with Crippen molar-refractivity contribution in [3.8, 4) is 0 Å². The summed E-state index contributed by atoms with van der Waals surface area (Å²) in [6.45, 7) is 10.9. The molecule has 0 unspecified atom stereocenters. The zero-order chi connectivity index (χ0) is 13.1. The molecule has 98 valence electrons. The maximum atomic E-state index is 11.3. The molecular formula is C12H24N4O. The maximum absolute atomic E-state index is 11.3. The van der Waals surface area contributed by atoms with Gasteiger partial charge < -0.3 is 15.5 Å². The SMILES string of the molecule is CC(=O)N1CCCN(C(N)=NC(C)(C)C)CC1. The standard InChI is InChI=1S/C12H24N4O/c1-10(17)15-6-5-7-16(9-8-15)11(13)14-12(2,3)4/h5-9H2,1-4H3,(H2,13,14). The molecule has 0 aliphatic carbocycles. The van der Waals surface area contributed by atoms with Crippen LogP contribution >= 0.6 is 0 Å². The summed E-state index contributed by atoms with van der Waals surface area (Å²) in [7, 11) is 0. The van der Waals surface area contributed by atoms with Gasteiger partial charge in [0.25, 0.3) is 0 Å². The van der Waals surface area contributed by atoms with E-state index in [1.807, 2.05) is 25.7 Å². The van der Waals surface area contributed by atoms with Crippen LogP contribution in [0, 0.1) is 0 Å². The fraction of sp³-hybridized carbons (Fsp3) is 0.833. The number of hydrogen-bond acceptors (Lipinski definition) is 2.